The lowest BCUT2D eigenvalue weighted by molar-refractivity contribution is 0.520. The summed E-state index contributed by atoms with van der Waals surface area (Å²) in [5, 5.41) is 4.76. The molecule has 1 heterocycles. The molecule has 1 aliphatic carbocycles. The van der Waals surface area contributed by atoms with Crippen molar-refractivity contribution in [1.82, 2.24) is 10.3 Å². The van der Waals surface area contributed by atoms with Gasteiger partial charge in [-0.25, -0.2) is 0 Å². The molecule has 1 unspecified atom stereocenters. The van der Waals surface area contributed by atoms with Crippen molar-refractivity contribution in [3.8, 4) is 0 Å². The Kier molecular flexibility index (Phi) is 3.35. The molecule has 19 heavy (non-hydrogen) atoms. The van der Waals surface area contributed by atoms with Crippen molar-refractivity contribution >= 4 is 26.8 Å². The van der Waals surface area contributed by atoms with Crippen LogP contribution in [0.25, 0.3) is 10.9 Å². The van der Waals surface area contributed by atoms with E-state index in [1.165, 1.54) is 17.4 Å². The molecule has 0 aliphatic heterocycles. The Labute approximate surface area is 122 Å². The van der Waals surface area contributed by atoms with Crippen molar-refractivity contribution in [2.75, 3.05) is 6.54 Å². The number of halogens is 1. The zero-order chi connectivity index (χ0) is 13.5. The van der Waals surface area contributed by atoms with Crippen molar-refractivity contribution < 1.29 is 0 Å². The van der Waals surface area contributed by atoms with E-state index in [0.29, 0.717) is 5.41 Å². The Balaban J connectivity index is 1.73. The highest BCUT2D eigenvalue weighted by atomic mass is 79.9. The fraction of sp³-hybridized carbons (Fsp3) is 0.438. The maximum absolute atomic E-state index is 4.51. The van der Waals surface area contributed by atoms with E-state index in [2.05, 4.69) is 58.3 Å². The smallest absolute Gasteiger partial charge is 0.0758 e. The summed E-state index contributed by atoms with van der Waals surface area (Å²) in [6.07, 6.45) is 3.21. The van der Waals surface area contributed by atoms with E-state index in [-0.39, 0.29) is 0 Å². The number of pyridine rings is 1. The number of aromatic nitrogens is 1. The molecule has 3 rings (SSSR count). The van der Waals surface area contributed by atoms with E-state index >= 15 is 0 Å². The van der Waals surface area contributed by atoms with Gasteiger partial charge >= 0.3 is 0 Å². The minimum atomic E-state index is 0.549. The van der Waals surface area contributed by atoms with Gasteiger partial charge in [-0.1, -0.05) is 41.9 Å². The first-order valence-corrected chi connectivity index (χ1v) is 7.60. The second-order valence-electron chi connectivity index (χ2n) is 6.13. The minimum Gasteiger partial charge on any atom is -0.312 e. The predicted octanol–water partition coefficient (Wildman–Crippen LogP) is 4.13. The van der Waals surface area contributed by atoms with Crippen LogP contribution >= 0.6 is 15.9 Å². The Morgan fingerprint density at radius 3 is 2.89 bits per heavy atom. The third-order valence-corrected chi connectivity index (χ3v) is 4.92. The standard InChI is InChI=1S/C16H19BrN2/c1-16(2)8-12(16)10-18-9-11-5-6-14(17)13-4-3-7-19-15(11)13/h3-7,12,18H,8-10H2,1-2H3. The fourth-order valence-corrected chi connectivity index (χ4v) is 3.10. The van der Waals surface area contributed by atoms with Gasteiger partial charge in [0.25, 0.3) is 0 Å². The molecule has 1 aromatic heterocycles. The zero-order valence-corrected chi connectivity index (χ0v) is 13.0. The second kappa shape index (κ2) is 4.88. The molecule has 0 radical (unpaired) electrons. The van der Waals surface area contributed by atoms with E-state index in [9.17, 15) is 0 Å². The largest absolute Gasteiger partial charge is 0.312 e. The lowest BCUT2D eigenvalue weighted by Gasteiger charge is -2.09. The average molecular weight is 319 g/mol. The molecule has 0 bridgehead atoms. The van der Waals surface area contributed by atoms with E-state index in [1.54, 1.807) is 0 Å². The van der Waals surface area contributed by atoms with Crippen LogP contribution in [0.4, 0.5) is 0 Å². The maximum Gasteiger partial charge on any atom is 0.0758 e. The molecule has 1 aromatic carbocycles. The van der Waals surface area contributed by atoms with Gasteiger partial charge in [0.2, 0.25) is 0 Å². The molecule has 1 saturated carbocycles. The van der Waals surface area contributed by atoms with Crippen LogP contribution in [-0.2, 0) is 6.54 Å². The van der Waals surface area contributed by atoms with Crippen LogP contribution in [0.3, 0.4) is 0 Å². The molecular weight excluding hydrogens is 300 g/mol. The van der Waals surface area contributed by atoms with Gasteiger partial charge in [0.15, 0.2) is 0 Å². The van der Waals surface area contributed by atoms with Crippen molar-refractivity contribution in [2.45, 2.75) is 26.8 Å². The highest BCUT2D eigenvalue weighted by Gasteiger charge is 2.44. The van der Waals surface area contributed by atoms with Crippen LogP contribution in [0.5, 0.6) is 0 Å². The molecule has 3 heteroatoms. The first kappa shape index (κ1) is 13.1. The van der Waals surface area contributed by atoms with Crippen molar-refractivity contribution in [1.29, 1.82) is 0 Å². The van der Waals surface area contributed by atoms with Crippen LogP contribution < -0.4 is 5.32 Å². The Morgan fingerprint density at radius 1 is 1.37 bits per heavy atom. The van der Waals surface area contributed by atoms with Gasteiger partial charge in [0.05, 0.1) is 5.52 Å². The first-order valence-electron chi connectivity index (χ1n) is 6.81. The minimum absolute atomic E-state index is 0.549. The average Bonchev–Trinajstić information content (AvgIpc) is 3.00. The summed E-state index contributed by atoms with van der Waals surface area (Å²) in [5.41, 5.74) is 2.92. The van der Waals surface area contributed by atoms with Crippen LogP contribution in [0, 0.1) is 11.3 Å². The van der Waals surface area contributed by atoms with Crippen molar-refractivity contribution in [2.24, 2.45) is 11.3 Å². The highest BCUT2D eigenvalue weighted by molar-refractivity contribution is 9.10. The van der Waals surface area contributed by atoms with E-state index in [0.717, 1.165) is 29.0 Å². The van der Waals surface area contributed by atoms with E-state index in [4.69, 9.17) is 0 Å². The summed E-state index contributed by atoms with van der Waals surface area (Å²) in [4.78, 5) is 4.51. The number of benzene rings is 1. The summed E-state index contributed by atoms with van der Waals surface area (Å²) < 4.78 is 1.11. The van der Waals surface area contributed by atoms with Gasteiger partial charge in [-0.2, -0.15) is 0 Å². The van der Waals surface area contributed by atoms with Crippen molar-refractivity contribution in [3.63, 3.8) is 0 Å². The van der Waals surface area contributed by atoms with Crippen LogP contribution in [0.15, 0.2) is 34.9 Å². The van der Waals surface area contributed by atoms with Crippen LogP contribution in [0.2, 0.25) is 0 Å². The first-order chi connectivity index (χ1) is 9.08. The monoisotopic (exact) mass is 318 g/mol. The Hall–Kier alpha value is -0.930. The SMILES string of the molecule is CC1(C)CC1CNCc1ccc(Br)c2cccnc12. The normalized spacial score (nSPS) is 20.7. The second-order valence-corrected chi connectivity index (χ2v) is 6.98. The topological polar surface area (TPSA) is 24.9 Å². The molecular formula is C16H19BrN2. The zero-order valence-electron chi connectivity index (χ0n) is 11.4. The number of hydrogen-bond donors (Lipinski definition) is 1. The lowest BCUT2D eigenvalue weighted by atomic mass is 10.1. The third-order valence-electron chi connectivity index (χ3n) is 4.22. The van der Waals surface area contributed by atoms with Gasteiger partial charge in [0, 0.05) is 22.6 Å². The number of nitrogens with one attached hydrogen (secondary N) is 1. The molecule has 2 aromatic rings. The number of hydrogen-bond acceptors (Lipinski definition) is 2. The van der Waals surface area contributed by atoms with Gasteiger partial charge in [0.1, 0.15) is 0 Å². The number of nitrogens with zero attached hydrogens (tertiary/aromatic N) is 1. The summed E-state index contributed by atoms with van der Waals surface area (Å²) in [5.74, 6) is 0.835. The number of fused-ring (bicyclic) bond motifs is 1. The quantitative estimate of drug-likeness (QED) is 0.916. The Bertz CT molecular complexity index is 607. The van der Waals surface area contributed by atoms with E-state index in [1.807, 2.05) is 12.3 Å². The van der Waals surface area contributed by atoms with Gasteiger partial charge in [-0.3, -0.25) is 4.98 Å². The molecule has 0 spiro atoms. The summed E-state index contributed by atoms with van der Waals surface area (Å²) in [7, 11) is 0. The lowest BCUT2D eigenvalue weighted by Crippen LogP contribution is -2.18. The van der Waals surface area contributed by atoms with Crippen molar-refractivity contribution in [3.05, 3.63) is 40.5 Å². The summed E-state index contributed by atoms with van der Waals surface area (Å²) in [6.45, 7) is 6.69. The third kappa shape index (κ3) is 2.67. The maximum atomic E-state index is 4.51. The van der Waals surface area contributed by atoms with E-state index < -0.39 is 0 Å². The highest BCUT2D eigenvalue weighted by Crippen LogP contribution is 2.51. The predicted molar refractivity (Wildman–Crippen MR) is 83.0 cm³/mol. The van der Waals surface area contributed by atoms with Crippen LogP contribution in [-0.4, -0.2) is 11.5 Å². The Morgan fingerprint density at radius 2 is 2.16 bits per heavy atom. The molecule has 1 atom stereocenters. The van der Waals surface area contributed by atoms with Gasteiger partial charge < -0.3 is 5.32 Å². The van der Waals surface area contributed by atoms with Gasteiger partial charge in [-0.05, 0) is 42.0 Å². The molecule has 1 N–H and O–H groups in total. The molecule has 0 amide bonds. The fourth-order valence-electron chi connectivity index (χ4n) is 2.64. The molecule has 1 fully saturated rings. The summed E-state index contributed by atoms with van der Waals surface area (Å²) >= 11 is 3.59. The molecule has 2 nitrogen and oxygen atoms in total. The molecule has 0 saturated heterocycles. The summed E-state index contributed by atoms with van der Waals surface area (Å²) in [6, 6.07) is 8.36. The van der Waals surface area contributed by atoms with Crippen LogP contribution in [0.1, 0.15) is 25.8 Å². The molecule has 1 aliphatic rings. The molecule has 100 valence electrons. The number of rotatable bonds is 4. The van der Waals surface area contributed by atoms with Gasteiger partial charge in [-0.15, -0.1) is 0 Å².